The third-order valence-corrected chi connectivity index (χ3v) is 9.97. The minimum Gasteiger partial charge on any atom is -0.494 e. The first kappa shape index (κ1) is 36.9. The number of aliphatic hydroxyl groups is 1. The van der Waals surface area contributed by atoms with Crippen LogP contribution in [-0.2, 0) is 38.6 Å². The van der Waals surface area contributed by atoms with E-state index in [1.165, 1.54) is 24.3 Å². The quantitative estimate of drug-likeness (QED) is 0.0600. The summed E-state index contributed by atoms with van der Waals surface area (Å²) in [5.41, 5.74) is 7.70. The van der Waals surface area contributed by atoms with Crippen LogP contribution in [0.25, 0.3) is 10.4 Å². The van der Waals surface area contributed by atoms with Gasteiger partial charge in [-0.15, -0.1) is 0 Å². The molecule has 0 aromatic heterocycles. The number of rotatable bonds is 15. The zero-order valence-electron chi connectivity index (χ0n) is 27.2. The van der Waals surface area contributed by atoms with Crippen molar-refractivity contribution in [2.24, 2.45) is 10.1 Å². The highest BCUT2D eigenvalue weighted by Crippen LogP contribution is 2.44. The Labute approximate surface area is 292 Å². The van der Waals surface area contributed by atoms with Gasteiger partial charge >= 0.3 is 6.18 Å². The minimum atomic E-state index is -4.61. The second-order valence-corrected chi connectivity index (χ2v) is 13.7. The van der Waals surface area contributed by atoms with Gasteiger partial charge in [0.05, 0.1) is 29.4 Å². The average molecular weight is 722 g/mol. The van der Waals surface area contributed by atoms with E-state index < -0.39 is 44.9 Å². The molecule has 266 valence electrons. The van der Waals surface area contributed by atoms with Crippen LogP contribution in [0.1, 0.15) is 46.8 Å². The van der Waals surface area contributed by atoms with Gasteiger partial charge in [0.15, 0.2) is 21.5 Å². The van der Waals surface area contributed by atoms with Crippen molar-refractivity contribution >= 4 is 21.6 Å². The number of nitrogens with one attached hydrogen (secondary N) is 1. The Morgan fingerprint density at radius 3 is 2.45 bits per heavy atom. The number of sulfone groups is 1. The average Bonchev–Trinajstić information content (AvgIpc) is 3.53. The third-order valence-electron chi connectivity index (χ3n) is 8.23. The Morgan fingerprint density at radius 1 is 1.02 bits per heavy atom. The first-order valence-electron chi connectivity index (χ1n) is 15.9. The summed E-state index contributed by atoms with van der Waals surface area (Å²) in [6.07, 6.45) is -5.81. The van der Waals surface area contributed by atoms with Crippen molar-refractivity contribution in [2.45, 2.75) is 48.6 Å². The molecular weight excluding hydrogens is 687 g/mol. The van der Waals surface area contributed by atoms with Gasteiger partial charge in [0.25, 0.3) is 5.91 Å². The van der Waals surface area contributed by atoms with E-state index >= 15 is 0 Å². The van der Waals surface area contributed by atoms with Crippen LogP contribution in [0.4, 0.5) is 13.2 Å². The normalized spacial score (nSPS) is 17.2. The summed E-state index contributed by atoms with van der Waals surface area (Å²) < 4.78 is 79.7. The fraction of sp³-hybridized carbons (Fsp3) is 0.278. The fourth-order valence-corrected chi connectivity index (χ4v) is 7.01. The lowest BCUT2D eigenvalue weighted by Gasteiger charge is -2.31. The number of nitrogens with zero attached hydrogens (tertiary/aromatic N) is 4. The number of hydrogen-bond donors (Lipinski definition) is 2. The number of carbonyl (C=O) groups is 1. The Balaban J connectivity index is 1.60. The molecule has 0 unspecified atom stereocenters. The molecule has 15 heteroatoms. The fourth-order valence-electron chi connectivity index (χ4n) is 5.62. The van der Waals surface area contributed by atoms with Gasteiger partial charge in [0, 0.05) is 36.5 Å². The molecule has 0 saturated carbocycles. The minimum absolute atomic E-state index is 0.00632. The topological polar surface area (TPSA) is 163 Å². The number of benzene rings is 4. The maximum atomic E-state index is 14.5. The highest BCUT2D eigenvalue weighted by molar-refractivity contribution is 7.91. The lowest BCUT2D eigenvalue weighted by molar-refractivity contribution is -0.137. The van der Waals surface area contributed by atoms with Crippen molar-refractivity contribution in [3.05, 3.63) is 141 Å². The molecule has 4 aromatic carbocycles. The molecule has 2 N–H and O–H groups in total. The van der Waals surface area contributed by atoms with Crippen LogP contribution in [0.3, 0.4) is 0 Å². The summed E-state index contributed by atoms with van der Waals surface area (Å²) in [6, 6.07) is 25.5. The van der Waals surface area contributed by atoms with Gasteiger partial charge in [0.1, 0.15) is 5.75 Å². The van der Waals surface area contributed by atoms with Crippen molar-refractivity contribution < 1.29 is 41.0 Å². The Hall–Kier alpha value is -5.37. The molecule has 1 aliphatic heterocycles. The lowest BCUT2D eigenvalue weighted by Crippen LogP contribution is -2.49. The van der Waals surface area contributed by atoms with Gasteiger partial charge in [-0.05, 0) is 70.8 Å². The molecule has 51 heavy (non-hydrogen) atoms. The highest BCUT2D eigenvalue weighted by Gasteiger charge is 2.54. The Bertz CT molecular complexity index is 2020. The molecule has 2 atom stereocenters. The number of halogens is 3. The molecule has 0 bridgehead atoms. The first-order valence-corrected chi connectivity index (χ1v) is 17.5. The predicted molar refractivity (Wildman–Crippen MR) is 182 cm³/mol. The van der Waals surface area contributed by atoms with Gasteiger partial charge in [-0.1, -0.05) is 59.7 Å². The number of carbonyl (C=O) groups excluding carboxylic acids is 1. The zero-order valence-corrected chi connectivity index (χ0v) is 28.0. The monoisotopic (exact) mass is 721 g/mol. The summed E-state index contributed by atoms with van der Waals surface area (Å²) in [5, 5.41) is 15.4. The molecule has 0 aliphatic carbocycles. The molecule has 11 nitrogen and oxygen atoms in total. The lowest BCUT2D eigenvalue weighted by atomic mass is 9.83. The van der Waals surface area contributed by atoms with E-state index in [-0.39, 0.29) is 49.1 Å². The van der Waals surface area contributed by atoms with E-state index in [2.05, 4.69) is 15.3 Å². The van der Waals surface area contributed by atoms with Crippen molar-refractivity contribution in [1.29, 1.82) is 0 Å². The zero-order chi connectivity index (χ0) is 36.5. The van der Waals surface area contributed by atoms with Crippen LogP contribution in [0, 0.1) is 0 Å². The summed E-state index contributed by atoms with van der Waals surface area (Å²) in [5.74, 6) is -0.820. The summed E-state index contributed by atoms with van der Waals surface area (Å²) in [7, 11) is -3.97. The standard InChI is InChI=1S/C36H34F3N5O6S/c37-36(38,39)28-10-6-8-25(22-28)23-41-34(46)35(18-21-51(47,48)30-11-2-1-3-12-30)32(31-13-5-4-9-27(31)24-42-44-40)50-33(43-35)26-14-16-29(17-15-26)49-20-7-19-45/h1-6,8-17,22,32,45H,7,18-21,23-24H2,(H,41,46)/t32-,35-/m1/s1. The number of hydrogen-bond acceptors (Lipinski definition) is 8. The molecule has 1 aliphatic rings. The van der Waals surface area contributed by atoms with Crippen molar-refractivity contribution in [3.63, 3.8) is 0 Å². The number of amides is 1. The van der Waals surface area contributed by atoms with Crippen LogP contribution >= 0.6 is 0 Å². The van der Waals surface area contributed by atoms with Crippen LogP contribution in [0.5, 0.6) is 5.75 Å². The molecule has 0 spiro atoms. The van der Waals surface area contributed by atoms with E-state index in [0.29, 0.717) is 28.9 Å². The van der Waals surface area contributed by atoms with Crippen molar-refractivity contribution in [3.8, 4) is 5.75 Å². The molecule has 5 rings (SSSR count). The molecule has 0 fully saturated rings. The maximum Gasteiger partial charge on any atom is 0.416 e. The van der Waals surface area contributed by atoms with Gasteiger partial charge in [-0.2, -0.15) is 13.2 Å². The smallest absolute Gasteiger partial charge is 0.416 e. The van der Waals surface area contributed by atoms with E-state index in [1.807, 2.05) is 0 Å². The van der Waals surface area contributed by atoms with Crippen LogP contribution in [0.15, 0.2) is 118 Å². The largest absolute Gasteiger partial charge is 0.494 e. The number of aliphatic imine (C=N–C) groups is 1. The van der Waals surface area contributed by atoms with Gasteiger partial charge < -0.3 is 19.9 Å². The Morgan fingerprint density at radius 2 is 1.75 bits per heavy atom. The molecule has 1 heterocycles. The Kier molecular flexibility index (Phi) is 11.7. The van der Waals surface area contributed by atoms with E-state index in [9.17, 15) is 26.4 Å². The van der Waals surface area contributed by atoms with Crippen molar-refractivity contribution in [1.82, 2.24) is 5.32 Å². The van der Waals surface area contributed by atoms with Crippen LogP contribution < -0.4 is 10.1 Å². The molecular formula is C36H34F3N5O6S. The number of azide groups is 1. The summed E-state index contributed by atoms with van der Waals surface area (Å²) in [4.78, 5) is 22.2. The summed E-state index contributed by atoms with van der Waals surface area (Å²) >= 11 is 0. The third kappa shape index (κ3) is 8.87. The van der Waals surface area contributed by atoms with Crippen LogP contribution in [-0.4, -0.2) is 49.8 Å². The highest BCUT2D eigenvalue weighted by atomic mass is 32.2. The van der Waals surface area contributed by atoms with Gasteiger partial charge in [-0.25, -0.2) is 13.4 Å². The maximum absolute atomic E-state index is 14.5. The second kappa shape index (κ2) is 16.1. The van der Waals surface area contributed by atoms with E-state index in [4.69, 9.17) is 25.1 Å². The molecule has 0 radical (unpaired) electrons. The van der Waals surface area contributed by atoms with Crippen LogP contribution in [0.2, 0.25) is 0 Å². The molecule has 4 aromatic rings. The molecule has 0 saturated heterocycles. The second-order valence-electron chi connectivity index (χ2n) is 11.6. The predicted octanol–water partition coefficient (Wildman–Crippen LogP) is 6.71. The van der Waals surface area contributed by atoms with E-state index in [0.717, 1.165) is 12.1 Å². The summed E-state index contributed by atoms with van der Waals surface area (Å²) in [6.45, 7) is -0.203. The van der Waals surface area contributed by atoms with E-state index in [1.54, 1.807) is 66.7 Å². The SMILES string of the molecule is [N-]=[N+]=NCc1ccccc1[C@H]1OC(c2ccc(OCCCO)cc2)=N[C@@]1(CCS(=O)(=O)c1ccccc1)C(=O)NCc1cccc(C(F)(F)F)c1. The van der Waals surface area contributed by atoms with Gasteiger partial charge in [-0.3, -0.25) is 4.79 Å². The van der Waals surface area contributed by atoms with Crippen molar-refractivity contribution in [2.75, 3.05) is 19.0 Å². The number of aliphatic hydroxyl groups excluding tert-OH is 1. The number of ether oxygens (including phenoxy) is 2. The number of alkyl halides is 3. The van der Waals surface area contributed by atoms with Gasteiger partial charge in [0.2, 0.25) is 5.90 Å². The first-order chi connectivity index (χ1) is 24.5. The molecule has 1 amide bonds.